The Labute approximate surface area is 162 Å². The number of para-hydroxylation sites is 1. The molecular weight excluding hydrogens is 360 g/mol. The van der Waals surface area contributed by atoms with Crippen LogP contribution in [-0.2, 0) is 13.1 Å². The Bertz CT molecular complexity index is 1020. The first kappa shape index (κ1) is 18.4. The van der Waals surface area contributed by atoms with Gasteiger partial charge in [0.05, 0.1) is 42.7 Å². The van der Waals surface area contributed by atoms with Crippen LogP contribution in [0.1, 0.15) is 34.3 Å². The van der Waals surface area contributed by atoms with E-state index in [-0.39, 0.29) is 12.5 Å². The maximum absolute atomic E-state index is 13.4. The largest absolute Gasteiger partial charge is 0.481 e. The number of rotatable bonds is 4. The summed E-state index contributed by atoms with van der Waals surface area (Å²) < 4.78 is 7.07. The second-order valence-corrected chi connectivity index (χ2v) is 6.79. The van der Waals surface area contributed by atoms with Gasteiger partial charge >= 0.3 is 0 Å². The monoisotopic (exact) mass is 382 g/mol. The first-order valence-electron chi connectivity index (χ1n) is 9.19. The van der Waals surface area contributed by atoms with E-state index in [9.17, 15) is 9.90 Å². The van der Waals surface area contributed by atoms with E-state index in [4.69, 9.17) is 9.84 Å². The third-order valence-corrected chi connectivity index (χ3v) is 4.97. The van der Waals surface area contributed by atoms with Gasteiger partial charge in [-0.1, -0.05) is 18.2 Å². The van der Waals surface area contributed by atoms with Crippen molar-refractivity contribution >= 4 is 16.8 Å². The number of methoxy groups -OCH3 is 1. The van der Waals surface area contributed by atoms with Crippen molar-refractivity contribution in [2.24, 2.45) is 0 Å². The SMILES string of the molecule is COc1cc(C(=O)N2CCCn3nc([C@H](O)CO)cc3C2)c2ccccc2n1. The third-order valence-electron chi connectivity index (χ3n) is 4.97. The molecule has 146 valence electrons. The van der Waals surface area contributed by atoms with E-state index in [0.29, 0.717) is 42.3 Å². The van der Waals surface area contributed by atoms with E-state index in [2.05, 4.69) is 10.1 Å². The van der Waals surface area contributed by atoms with Gasteiger partial charge in [-0.3, -0.25) is 9.48 Å². The van der Waals surface area contributed by atoms with E-state index in [1.165, 1.54) is 7.11 Å². The summed E-state index contributed by atoms with van der Waals surface area (Å²) in [6.07, 6.45) is -0.271. The number of aromatic nitrogens is 3. The van der Waals surface area contributed by atoms with Gasteiger partial charge in [0.2, 0.25) is 5.88 Å². The van der Waals surface area contributed by atoms with E-state index in [1.54, 1.807) is 21.7 Å². The van der Waals surface area contributed by atoms with Gasteiger partial charge in [0, 0.05) is 24.5 Å². The van der Waals surface area contributed by atoms with Crippen molar-refractivity contribution in [2.75, 3.05) is 20.3 Å². The summed E-state index contributed by atoms with van der Waals surface area (Å²) in [4.78, 5) is 19.5. The molecule has 0 fully saturated rings. The summed E-state index contributed by atoms with van der Waals surface area (Å²) in [6.45, 7) is 1.24. The number of aliphatic hydroxyl groups excluding tert-OH is 2. The van der Waals surface area contributed by atoms with Crippen molar-refractivity contribution in [3.05, 3.63) is 53.3 Å². The maximum Gasteiger partial charge on any atom is 0.255 e. The molecule has 2 aromatic heterocycles. The number of carbonyl (C=O) groups excluding carboxylic acids is 1. The number of pyridine rings is 1. The quantitative estimate of drug-likeness (QED) is 0.709. The zero-order valence-electron chi connectivity index (χ0n) is 15.6. The summed E-state index contributed by atoms with van der Waals surface area (Å²) in [5, 5.41) is 24.2. The fraction of sp³-hybridized carbons (Fsp3) is 0.350. The van der Waals surface area contributed by atoms with Crippen molar-refractivity contribution in [1.82, 2.24) is 19.7 Å². The molecule has 1 aliphatic rings. The molecule has 2 N–H and O–H groups in total. The number of amides is 1. The lowest BCUT2D eigenvalue weighted by Gasteiger charge is -2.21. The van der Waals surface area contributed by atoms with Gasteiger partial charge in [0.25, 0.3) is 5.91 Å². The summed E-state index contributed by atoms with van der Waals surface area (Å²) >= 11 is 0. The maximum atomic E-state index is 13.4. The average Bonchev–Trinajstić information content (AvgIpc) is 3.03. The normalized spacial score (nSPS) is 15.2. The number of fused-ring (bicyclic) bond motifs is 2. The molecule has 8 nitrogen and oxygen atoms in total. The molecule has 0 saturated heterocycles. The van der Waals surface area contributed by atoms with Gasteiger partial charge in [-0.15, -0.1) is 0 Å². The number of benzene rings is 1. The number of carbonyl (C=O) groups is 1. The molecule has 8 heteroatoms. The standard InChI is InChI=1S/C20H22N4O4/c1-28-19-10-15(14-5-2-3-6-16(14)21-19)20(27)23-7-4-8-24-13(11-23)9-17(22-24)18(26)12-25/h2-3,5-6,9-10,18,25-26H,4,7-8,11-12H2,1H3/t18-/m1/s1. The van der Waals surface area contributed by atoms with Crippen LogP contribution in [0.5, 0.6) is 5.88 Å². The Hall–Kier alpha value is -2.97. The molecule has 0 aliphatic carbocycles. The van der Waals surface area contributed by atoms with Crippen LogP contribution >= 0.6 is 0 Å². The van der Waals surface area contributed by atoms with E-state index >= 15 is 0 Å². The number of ether oxygens (including phenoxy) is 1. The number of nitrogens with zero attached hydrogens (tertiary/aromatic N) is 4. The molecule has 0 unspecified atom stereocenters. The highest BCUT2D eigenvalue weighted by Crippen LogP contribution is 2.25. The van der Waals surface area contributed by atoms with Gasteiger partial charge in [0.15, 0.2) is 0 Å². The lowest BCUT2D eigenvalue weighted by molar-refractivity contribution is 0.0747. The van der Waals surface area contributed by atoms with Crippen molar-refractivity contribution in [2.45, 2.75) is 25.6 Å². The number of aryl methyl sites for hydroxylation is 1. The number of hydrogen-bond donors (Lipinski definition) is 2. The van der Waals surface area contributed by atoms with Gasteiger partial charge in [-0.05, 0) is 18.6 Å². The van der Waals surface area contributed by atoms with Crippen LogP contribution in [0.2, 0.25) is 0 Å². The second kappa shape index (κ2) is 7.57. The van der Waals surface area contributed by atoms with Crippen molar-refractivity contribution in [1.29, 1.82) is 0 Å². The minimum atomic E-state index is -1.02. The molecular formula is C20H22N4O4. The smallest absolute Gasteiger partial charge is 0.255 e. The fourth-order valence-corrected chi connectivity index (χ4v) is 3.52. The number of aliphatic hydroxyl groups is 2. The summed E-state index contributed by atoms with van der Waals surface area (Å²) in [5.74, 6) is 0.297. The molecule has 0 saturated carbocycles. The molecule has 4 rings (SSSR count). The van der Waals surface area contributed by atoms with Crippen LogP contribution in [0.15, 0.2) is 36.4 Å². The highest BCUT2D eigenvalue weighted by molar-refractivity contribution is 6.06. The van der Waals surface area contributed by atoms with Crippen molar-refractivity contribution in [3.63, 3.8) is 0 Å². The predicted octanol–water partition coefficient (Wildman–Crippen LogP) is 1.51. The van der Waals surface area contributed by atoms with Crippen LogP contribution in [0.25, 0.3) is 10.9 Å². The molecule has 0 radical (unpaired) electrons. The first-order valence-corrected chi connectivity index (χ1v) is 9.19. The van der Waals surface area contributed by atoms with Crippen molar-refractivity contribution < 1.29 is 19.7 Å². The topological polar surface area (TPSA) is 101 Å². The van der Waals surface area contributed by atoms with Gasteiger partial charge < -0.3 is 19.8 Å². The van der Waals surface area contributed by atoms with Crippen LogP contribution in [-0.4, -0.2) is 56.0 Å². The first-order chi connectivity index (χ1) is 13.6. The van der Waals surface area contributed by atoms with Crippen LogP contribution < -0.4 is 4.74 Å². The van der Waals surface area contributed by atoms with Crippen LogP contribution in [0, 0.1) is 0 Å². The lowest BCUT2D eigenvalue weighted by Crippen LogP contribution is -2.31. The highest BCUT2D eigenvalue weighted by atomic mass is 16.5. The number of hydrogen-bond acceptors (Lipinski definition) is 6. The van der Waals surface area contributed by atoms with Gasteiger partial charge in [-0.2, -0.15) is 5.10 Å². The summed E-state index contributed by atoms with van der Waals surface area (Å²) in [5.41, 5.74) is 2.51. The molecule has 1 amide bonds. The second-order valence-electron chi connectivity index (χ2n) is 6.79. The molecule has 1 aromatic carbocycles. The minimum Gasteiger partial charge on any atom is -0.481 e. The van der Waals surface area contributed by atoms with Crippen LogP contribution in [0.4, 0.5) is 0 Å². The predicted molar refractivity (Wildman–Crippen MR) is 102 cm³/mol. The molecule has 0 bridgehead atoms. The Balaban J connectivity index is 1.69. The van der Waals surface area contributed by atoms with Gasteiger partial charge in [-0.25, -0.2) is 4.98 Å². The molecule has 0 spiro atoms. The Morgan fingerprint density at radius 1 is 1.29 bits per heavy atom. The third kappa shape index (κ3) is 3.32. The Morgan fingerprint density at radius 3 is 2.89 bits per heavy atom. The van der Waals surface area contributed by atoms with Gasteiger partial charge in [0.1, 0.15) is 6.10 Å². The van der Waals surface area contributed by atoms with Crippen LogP contribution in [0.3, 0.4) is 0 Å². The van der Waals surface area contributed by atoms with E-state index < -0.39 is 6.10 Å². The zero-order valence-corrected chi connectivity index (χ0v) is 15.6. The lowest BCUT2D eigenvalue weighted by atomic mass is 10.1. The summed E-state index contributed by atoms with van der Waals surface area (Å²) in [6, 6.07) is 10.9. The Morgan fingerprint density at radius 2 is 2.11 bits per heavy atom. The molecule has 1 atom stereocenters. The zero-order chi connectivity index (χ0) is 19.7. The minimum absolute atomic E-state index is 0.101. The highest BCUT2D eigenvalue weighted by Gasteiger charge is 2.25. The molecule has 3 heterocycles. The van der Waals surface area contributed by atoms with E-state index in [1.807, 2.05) is 24.3 Å². The summed E-state index contributed by atoms with van der Waals surface area (Å²) in [7, 11) is 1.53. The Kier molecular flexibility index (Phi) is 4.97. The molecule has 28 heavy (non-hydrogen) atoms. The van der Waals surface area contributed by atoms with Crippen molar-refractivity contribution in [3.8, 4) is 5.88 Å². The fourth-order valence-electron chi connectivity index (χ4n) is 3.52. The molecule has 1 aliphatic heterocycles. The van der Waals surface area contributed by atoms with E-state index in [0.717, 1.165) is 17.5 Å². The molecule has 3 aromatic rings. The average molecular weight is 382 g/mol.